The third-order valence-corrected chi connectivity index (χ3v) is 7.95. The summed E-state index contributed by atoms with van der Waals surface area (Å²) in [5.74, 6) is -0.0271. The van der Waals surface area contributed by atoms with Crippen LogP contribution in [-0.4, -0.2) is 44.7 Å². The zero-order valence-electron chi connectivity index (χ0n) is 14.9. The first-order valence-corrected chi connectivity index (χ1v) is 11.6. The van der Waals surface area contributed by atoms with Gasteiger partial charge in [0.05, 0.1) is 10.0 Å². The number of rotatable bonds is 8. The molecule has 0 atom stereocenters. The van der Waals surface area contributed by atoms with E-state index in [4.69, 9.17) is 16.1 Å². The topological polar surface area (TPSA) is 75.4 Å². The Morgan fingerprint density at radius 3 is 2.89 bits per heavy atom. The van der Waals surface area contributed by atoms with Crippen molar-refractivity contribution in [3.63, 3.8) is 0 Å². The van der Waals surface area contributed by atoms with Gasteiger partial charge in [-0.3, -0.25) is 0 Å². The van der Waals surface area contributed by atoms with E-state index in [1.807, 2.05) is 0 Å². The predicted octanol–water partition coefficient (Wildman–Crippen LogP) is 3.52. The van der Waals surface area contributed by atoms with Crippen LogP contribution in [0.1, 0.15) is 12.1 Å². The number of likely N-dealkylation sites (tertiary alicyclic amines) is 1. The number of fused-ring (bicyclic) bond motifs is 1. The molecule has 2 aromatic heterocycles. The molecule has 4 rings (SSSR count). The van der Waals surface area contributed by atoms with Gasteiger partial charge < -0.3 is 9.42 Å². The SMILES string of the molecule is O=S(=O)(NCC1CN(CCCc2noc3cc(F)ccc23)C1)c1ccc(Cl)s1. The monoisotopic (exact) mass is 443 g/mol. The number of aryl methyl sites for hydroxylation is 1. The first-order valence-electron chi connectivity index (χ1n) is 8.92. The third-order valence-electron chi connectivity index (χ3n) is 4.80. The number of hydrogen-bond acceptors (Lipinski definition) is 6. The number of sulfonamides is 1. The number of thiophene rings is 1. The Hall–Kier alpha value is -1.52. The highest BCUT2D eigenvalue weighted by Crippen LogP contribution is 2.26. The minimum atomic E-state index is -3.48. The first kappa shape index (κ1) is 19.8. The lowest BCUT2D eigenvalue weighted by Crippen LogP contribution is -2.51. The molecule has 0 spiro atoms. The highest BCUT2D eigenvalue weighted by atomic mass is 35.5. The van der Waals surface area contributed by atoms with E-state index in [0.717, 1.165) is 54.9 Å². The molecule has 0 radical (unpaired) electrons. The zero-order valence-corrected chi connectivity index (χ0v) is 17.3. The maximum atomic E-state index is 13.2. The normalized spacial score (nSPS) is 15.9. The maximum absolute atomic E-state index is 13.2. The molecule has 1 aliphatic rings. The summed E-state index contributed by atoms with van der Waals surface area (Å²) in [6, 6.07) is 7.55. The lowest BCUT2D eigenvalue weighted by Gasteiger charge is -2.39. The lowest BCUT2D eigenvalue weighted by molar-refractivity contribution is 0.102. The summed E-state index contributed by atoms with van der Waals surface area (Å²) in [7, 11) is -3.48. The van der Waals surface area contributed by atoms with Crippen LogP contribution in [0.25, 0.3) is 11.0 Å². The third kappa shape index (κ3) is 4.38. The van der Waals surface area contributed by atoms with Gasteiger partial charge in [0.2, 0.25) is 10.0 Å². The van der Waals surface area contributed by atoms with E-state index < -0.39 is 10.0 Å². The molecule has 3 heterocycles. The first-order chi connectivity index (χ1) is 13.4. The Kier molecular flexibility index (Phi) is 5.71. The second-order valence-corrected chi connectivity index (χ2v) is 10.6. The van der Waals surface area contributed by atoms with Gasteiger partial charge in [-0.1, -0.05) is 16.8 Å². The van der Waals surface area contributed by atoms with Gasteiger partial charge in [-0.2, -0.15) is 0 Å². The number of benzene rings is 1. The average Bonchev–Trinajstić information content (AvgIpc) is 3.22. The van der Waals surface area contributed by atoms with Crippen molar-refractivity contribution in [2.45, 2.75) is 17.1 Å². The fourth-order valence-corrected chi connectivity index (χ4v) is 5.99. The number of nitrogens with zero attached hydrogens (tertiary/aromatic N) is 2. The molecule has 1 aliphatic heterocycles. The largest absolute Gasteiger partial charge is 0.356 e. The number of aromatic nitrogens is 1. The minimum absolute atomic E-state index is 0.244. The van der Waals surface area contributed by atoms with Crippen molar-refractivity contribution in [2.24, 2.45) is 5.92 Å². The standard InChI is InChI=1S/C18H19ClFN3O3S2/c19-17-5-6-18(27-17)28(24,25)21-9-12-10-23(11-12)7-1-2-15-14-4-3-13(20)8-16(14)26-22-15/h3-6,8,12,21H,1-2,7,9-11H2. The van der Waals surface area contributed by atoms with E-state index in [1.54, 1.807) is 12.1 Å². The van der Waals surface area contributed by atoms with Crippen LogP contribution < -0.4 is 4.72 Å². The zero-order chi connectivity index (χ0) is 19.7. The van der Waals surface area contributed by atoms with Crippen LogP contribution in [0.3, 0.4) is 0 Å². The predicted molar refractivity (Wildman–Crippen MR) is 107 cm³/mol. The Morgan fingerprint density at radius 2 is 2.14 bits per heavy atom. The molecule has 10 heteroatoms. The second kappa shape index (κ2) is 8.08. The highest BCUT2D eigenvalue weighted by Gasteiger charge is 2.28. The molecule has 0 aliphatic carbocycles. The van der Waals surface area contributed by atoms with Gasteiger partial charge in [0.25, 0.3) is 0 Å². The van der Waals surface area contributed by atoms with Gasteiger partial charge in [-0.25, -0.2) is 17.5 Å². The summed E-state index contributed by atoms with van der Waals surface area (Å²) in [5, 5.41) is 4.89. The van der Waals surface area contributed by atoms with Crippen LogP contribution in [-0.2, 0) is 16.4 Å². The molecule has 1 aromatic carbocycles. The fraction of sp³-hybridized carbons (Fsp3) is 0.389. The molecule has 3 aromatic rings. The van der Waals surface area contributed by atoms with Crippen LogP contribution in [0.15, 0.2) is 39.1 Å². The van der Waals surface area contributed by atoms with Gasteiger partial charge in [-0.05, 0) is 49.6 Å². The number of hydrogen-bond donors (Lipinski definition) is 1. The van der Waals surface area contributed by atoms with Crippen LogP contribution in [0, 0.1) is 11.7 Å². The Balaban J connectivity index is 1.19. The molecule has 0 bridgehead atoms. The molecule has 1 saturated heterocycles. The van der Waals surface area contributed by atoms with Crippen molar-refractivity contribution in [3.05, 3.63) is 46.2 Å². The van der Waals surface area contributed by atoms with E-state index in [1.165, 1.54) is 18.2 Å². The molecule has 150 valence electrons. The summed E-state index contributed by atoms with van der Waals surface area (Å²) in [4.78, 5) is 2.28. The Morgan fingerprint density at radius 1 is 1.32 bits per heavy atom. The van der Waals surface area contributed by atoms with Crippen molar-refractivity contribution in [1.82, 2.24) is 14.8 Å². The van der Waals surface area contributed by atoms with Gasteiger partial charge in [0.15, 0.2) is 5.58 Å². The average molecular weight is 444 g/mol. The highest BCUT2D eigenvalue weighted by molar-refractivity contribution is 7.91. The van der Waals surface area contributed by atoms with Crippen LogP contribution in [0.4, 0.5) is 4.39 Å². The number of nitrogens with one attached hydrogen (secondary N) is 1. The number of halogens is 2. The van der Waals surface area contributed by atoms with Crippen LogP contribution in [0.5, 0.6) is 0 Å². The van der Waals surface area contributed by atoms with Crippen molar-refractivity contribution in [1.29, 1.82) is 0 Å². The minimum Gasteiger partial charge on any atom is -0.356 e. The quantitative estimate of drug-likeness (QED) is 0.576. The molecule has 6 nitrogen and oxygen atoms in total. The van der Waals surface area contributed by atoms with Gasteiger partial charge >= 0.3 is 0 Å². The van der Waals surface area contributed by atoms with E-state index in [0.29, 0.717) is 22.4 Å². The van der Waals surface area contributed by atoms with Crippen molar-refractivity contribution < 1.29 is 17.3 Å². The van der Waals surface area contributed by atoms with E-state index in [2.05, 4.69) is 14.8 Å². The van der Waals surface area contributed by atoms with Gasteiger partial charge in [0, 0.05) is 31.1 Å². The van der Waals surface area contributed by atoms with Crippen molar-refractivity contribution in [2.75, 3.05) is 26.2 Å². The smallest absolute Gasteiger partial charge is 0.250 e. The van der Waals surface area contributed by atoms with Gasteiger partial charge in [-0.15, -0.1) is 11.3 Å². The Bertz CT molecular complexity index is 1080. The van der Waals surface area contributed by atoms with E-state index >= 15 is 0 Å². The second-order valence-electron chi connectivity index (χ2n) is 6.91. The molecular formula is C18H19ClFN3O3S2. The summed E-state index contributed by atoms with van der Waals surface area (Å²) in [6.45, 7) is 3.05. The van der Waals surface area contributed by atoms with Crippen molar-refractivity contribution >= 4 is 43.9 Å². The van der Waals surface area contributed by atoms with E-state index in [9.17, 15) is 12.8 Å². The molecule has 1 N–H and O–H groups in total. The molecule has 0 amide bonds. The van der Waals surface area contributed by atoms with Crippen molar-refractivity contribution in [3.8, 4) is 0 Å². The summed E-state index contributed by atoms with van der Waals surface area (Å²) in [6.07, 6.45) is 1.66. The fourth-order valence-electron chi connectivity index (χ4n) is 3.34. The molecular weight excluding hydrogens is 425 g/mol. The molecule has 28 heavy (non-hydrogen) atoms. The summed E-state index contributed by atoms with van der Waals surface area (Å²) < 4.78 is 46.1. The molecule has 0 saturated carbocycles. The van der Waals surface area contributed by atoms with Crippen LogP contribution in [0.2, 0.25) is 4.34 Å². The maximum Gasteiger partial charge on any atom is 0.250 e. The molecule has 0 unspecified atom stereocenters. The molecule has 1 fully saturated rings. The van der Waals surface area contributed by atoms with Crippen LogP contribution >= 0.6 is 22.9 Å². The lowest BCUT2D eigenvalue weighted by atomic mass is 10.00. The summed E-state index contributed by atoms with van der Waals surface area (Å²) in [5.41, 5.74) is 1.31. The Labute approximate surface area is 171 Å². The van der Waals surface area contributed by atoms with E-state index in [-0.39, 0.29) is 10.0 Å². The summed E-state index contributed by atoms with van der Waals surface area (Å²) >= 11 is 6.86. The van der Waals surface area contributed by atoms with Gasteiger partial charge in [0.1, 0.15) is 10.0 Å².